The second kappa shape index (κ2) is 4.07. The summed E-state index contributed by atoms with van der Waals surface area (Å²) in [6.45, 7) is 7.12. The number of hydrogen-bond donors (Lipinski definition) is 1. The molecule has 0 radical (unpaired) electrons. The number of hydrogen-bond acceptors (Lipinski definition) is 2. The molecule has 1 atom stereocenters. The molecule has 1 aliphatic heterocycles. The van der Waals surface area contributed by atoms with E-state index < -0.39 is 0 Å². The molecule has 1 N–H and O–H groups in total. The fraction of sp³-hybridized carbons (Fsp3) is 1.00. The summed E-state index contributed by atoms with van der Waals surface area (Å²) >= 11 is 0. The SMILES string of the molecule is CC(C)N1CCC[C@@H](CO)C1. The zero-order chi connectivity index (χ0) is 8.27. The molecule has 0 aromatic carbocycles. The normalized spacial score (nSPS) is 27.8. The minimum absolute atomic E-state index is 0.364. The van der Waals surface area contributed by atoms with Gasteiger partial charge in [-0.25, -0.2) is 0 Å². The Morgan fingerprint density at radius 1 is 1.55 bits per heavy atom. The maximum absolute atomic E-state index is 8.96. The first-order valence-electron chi connectivity index (χ1n) is 4.59. The second-order valence-corrected chi connectivity index (χ2v) is 3.78. The Kier molecular flexibility index (Phi) is 3.34. The van der Waals surface area contributed by atoms with Crippen LogP contribution in [0.3, 0.4) is 0 Å². The molecule has 1 fully saturated rings. The molecule has 0 spiro atoms. The number of nitrogens with zero attached hydrogens (tertiary/aromatic N) is 1. The summed E-state index contributed by atoms with van der Waals surface area (Å²) in [5.41, 5.74) is 0. The lowest BCUT2D eigenvalue weighted by Gasteiger charge is -2.34. The average Bonchev–Trinajstić information content (AvgIpc) is 2.05. The van der Waals surface area contributed by atoms with Crippen LogP contribution in [0.4, 0.5) is 0 Å². The minimum Gasteiger partial charge on any atom is -0.396 e. The summed E-state index contributed by atoms with van der Waals surface area (Å²) < 4.78 is 0. The summed E-state index contributed by atoms with van der Waals surface area (Å²) in [7, 11) is 0. The van der Waals surface area contributed by atoms with Crippen LogP contribution in [0.2, 0.25) is 0 Å². The zero-order valence-electron chi connectivity index (χ0n) is 7.58. The maximum Gasteiger partial charge on any atom is 0.0471 e. The molecule has 11 heavy (non-hydrogen) atoms. The van der Waals surface area contributed by atoms with Gasteiger partial charge in [0.15, 0.2) is 0 Å². The molecule has 1 rings (SSSR count). The van der Waals surface area contributed by atoms with Crippen LogP contribution in [0.15, 0.2) is 0 Å². The van der Waals surface area contributed by atoms with E-state index in [1.807, 2.05) is 0 Å². The number of aliphatic hydroxyl groups is 1. The van der Waals surface area contributed by atoms with Gasteiger partial charge in [-0.3, -0.25) is 0 Å². The van der Waals surface area contributed by atoms with E-state index in [4.69, 9.17) is 5.11 Å². The lowest BCUT2D eigenvalue weighted by molar-refractivity contribution is 0.0993. The molecule has 1 heterocycles. The minimum atomic E-state index is 0.364. The van der Waals surface area contributed by atoms with Crippen molar-refractivity contribution in [1.82, 2.24) is 4.90 Å². The standard InChI is InChI=1S/C9H19NO/c1-8(2)10-5-3-4-9(6-10)7-11/h8-9,11H,3-7H2,1-2H3/t9-/m1/s1. The van der Waals surface area contributed by atoms with E-state index in [0.717, 1.165) is 6.54 Å². The van der Waals surface area contributed by atoms with Crippen molar-refractivity contribution in [3.8, 4) is 0 Å². The monoisotopic (exact) mass is 157 g/mol. The van der Waals surface area contributed by atoms with Crippen molar-refractivity contribution in [1.29, 1.82) is 0 Å². The van der Waals surface area contributed by atoms with Crippen LogP contribution in [0.1, 0.15) is 26.7 Å². The molecule has 0 aliphatic carbocycles. The first kappa shape index (κ1) is 9.01. The van der Waals surface area contributed by atoms with E-state index in [9.17, 15) is 0 Å². The smallest absolute Gasteiger partial charge is 0.0471 e. The fourth-order valence-electron chi connectivity index (χ4n) is 1.72. The van der Waals surface area contributed by atoms with Crippen LogP contribution < -0.4 is 0 Å². The largest absolute Gasteiger partial charge is 0.396 e. The van der Waals surface area contributed by atoms with Crippen LogP contribution in [-0.4, -0.2) is 35.7 Å². The van der Waals surface area contributed by atoms with Crippen molar-refractivity contribution < 1.29 is 5.11 Å². The first-order valence-corrected chi connectivity index (χ1v) is 4.59. The van der Waals surface area contributed by atoms with E-state index in [1.165, 1.54) is 19.4 Å². The Labute approximate surface area is 69.2 Å². The van der Waals surface area contributed by atoms with Gasteiger partial charge < -0.3 is 10.0 Å². The quantitative estimate of drug-likeness (QED) is 0.649. The maximum atomic E-state index is 8.96. The van der Waals surface area contributed by atoms with Gasteiger partial charge in [-0.2, -0.15) is 0 Å². The van der Waals surface area contributed by atoms with Crippen LogP contribution >= 0.6 is 0 Å². The van der Waals surface area contributed by atoms with Gasteiger partial charge in [0.05, 0.1) is 0 Å². The zero-order valence-corrected chi connectivity index (χ0v) is 7.58. The third-order valence-electron chi connectivity index (χ3n) is 2.54. The highest BCUT2D eigenvalue weighted by Gasteiger charge is 2.20. The van der Waals surface area contributed by atoms with Gasteiger partial charge in [0.2, 0.25) is 0 Å². The van der Waals surface area contributed by atoms with Gasteiger partial charge in [0.25, 0.3) is 0 Å². The lowest BCUT2D eigenvalue weighted by Crippen LogP contribution is -2.40. The molecule has 1 saturated heterocycles. The van der Waals surface area contributed by atoms with E-state index in [0.29, 0.717) is 18.6 Å². The number of piperidine rings is 1. The highest BCUT2D eigenvalue weighted by atomic mass is 16.3. The molecule has 0 unspecified atom stereocenters. The third-order valence-corrected chi connectivity index (χ3v) is 2.54. The lowest BCUT2D eigenvalue weighted by atomic mass is 9.98. The number of rotatable bonds is 2. The Morgan fingerprint density at radius 2 is 2.27 bits per heavy atom. The van der Waals surface area contributed by atoms with E-state index in [2.05, 4.69) is 18.7 Å². The van der Waals surface area contributed by atoms with Crippen LogP contribution in [0.25, 0.3) is 0 Å². The molecule has 0 aromatic heterocycles. The molecule has 2 heteroatoms. The van der Waals surface area contributed by atoms with Crippen molar-refractivity contribution in [2.24, 2.45) is 5.92 Å². The van der Waals surface area contributed by atoms with E-state index in [1.54, 1.807) is 0 Å². The van der Waals surface area contributed by atoms with Crippen molar-refractivity contribution >= 4 is 0 Å². The van der Waals surface area contributed by atoms with Crippen molar-refractivity contribution in [3.05, 3.63) is 0 Å². The molecule has 2 nitrogen and oxygen atoms in total. The number of aliphatic hydroxyl groups excluding tert-OH is 1. The Morgan fingerprint density at radius 3 is 2.82 bits per heavy atom. The molecule has 0 aromatic rings. The predicted octanol–water partition coefficient (Wildman–Crippen LogP) is 1.10. The van der Waals surface area contributed by atoms with Crippen molar-refractivity contribution in [2.75, 3.05) is 19.7 Å². The Balaban J connectivity index is 2.33. The average molecular weight is 157 g/mol. The van der Waals surface area contributed by atoms with Gasteiger partial charge in [0.1, 0.15) is 0 Å². The molecule has 0 saturated carbocycles. The summed E-state index contributed by atoms with van der Waals surface area (Å²) in [6.07, 6.45) is 2.46. The Hall–Kier alpha value is -0.0800. The summed E-state index contributed by atoms with van der Waals surface area (Å²) in [6, 6.07) is 0.643. The number of likely N-dealkylation sites (tertiary alicyclic amines) is 1. The van der Waals surface area contributed by atoms with Crippen LogP contribution in [0, 0.1) is 5.92 Å². The van der Waals surface area contributed by atoms with Crippen LogP contribution in [-0.2, 0) is 0 Å². The van der Waals surface area contributed by atoms with Gasteiger partial charge in [-0.15, -0.1) is 0 Å². The predicted molar refractivity (Wildman–Crippen MR) is 46.5 cm³/mol. The van der Waals surface area contributed by atoms with E-state index in [-0.39, 0.29) is 0 Å². The van der Waals surface area contributed by atoms with Gasteiger partial charge in [0, 0.05) is 19.2 Å². The molecular weight excluding hydrogens is 138 g/mol. The molecule has 0 bridgehead atoms. The Bertz CT molecular complexity index is 114. The van der Waals surface area contributed by atoms with Crippen molar-refractivity contribution in [2.45, 2.75) is 32.7 Å². The molecule has 1 aliphatic rings. The highest BCUT2D eigenvalue weighted by molar-refractivity contribution is 4.74. The van der Waals surface area contributed by atoms with Crippen molar-refractivity contribution in [3.63, 3.8) is 0 Å². The summed E-state index contributed by atoms with van der Waals surface area (Å²) in [5, 5.41) is 8.96. The first-order chi connectivity index (χ1) is 5.24. The third kappa shape index (κ3) is 2.46. The van der Waals surface area contributed by atoms with Gasteiger partial charge in [-0.05, 0) is 39.2 Å². The van der Waals surface area contributed by atoms with E-state index >= 15 is 0 Å². The molecule has 66 valence electrons. The van der Waals surface area contributed by atoms with Crippen LogP contribution in [0.5, 0.6) is 0 Å². The molecular formula is C9H19NO. The van der Waals surface area contributed by atoms with Gasteiger partial charge in [-0.1, -0.05) is 0 Å². The second-order valence-electron chi connectivity index (χ2n) is 3.78. The topological polar surface area (TPSA) is 23.5 Å². The molecule has 0 amide bonds. The van der Waals surface area contributed by atoms with Gasteiger partial charge >= 0.3 is 0 Å². The highest BCUT2D eigenvalue weighted by Crippen LogP contribution is 2.17. The summed E-state index contributed by atoms with van der Waals surface area (Å²) in [5.74, 6) is 0.533. The summed E-state index contributed by atoms with van der Waals surface area (Å²) in [4.78, 5) is 2.45. The fourth-order valence-corrected chi connectivity index (χ4v) is 1.72.